The highest BCUT2D eigenvalue weighted by atomic mass is 32.2. The molecule has 0 heterocycles. The standard InChI is InChI=1S/C22H23NO4S/c1-4-23(20-13-9-8-12-19(20)17-10-6-5-7-11-17)28(24,25)18-14-15-21(26-2)22(16-18)27-3/h5-16H,4H2,1-3H3. The van der Waals surface area contributed by atoms with Crippen LogP contribution in [0.25, 0.3) is 11.1 Å². The lowest BCUT2D eigenvalue weighted by atomic mass is 10.0. The van der Waals surface area contributed by atoms with Gasteiger partial charge in [0.25, 0.3) is 10.0 Å². The van der Waals surface area contributed by atoms with Gasteiger partial charge in [-0.15, -0.1) is 0 Å². The van der Waals surface area contributed by atoms with Crippen molar-refractivity contribution in [1.29, 1.82) is 0 Å². The predicted molar refractivity (Wildman–Crippen MR) is 112 cm³/mol. The SMILES string of the molecule is CCN(c1ccccc1-c1ccccc1)S(=O)(=O)c1ccc(OC)c(OC)c1. The lowest BCUT2D eigenvalue weighted by molar-refractivity contribution is 0.354. The molecular formula is C22H23NO4S. The minimum Gasteiger partial charge on any atom is -0.493 e. The molecule has 0 aliphatic heterocycles. The summed E-state index contributed by atoms with van der Waals surface area (Å²) in [5, 5.41) is 0. The van der Waals surface area contributed by atoms with Gasteiger partial charge in [-0.2, -0.15) is 0 Å². The Labute approximate surface area is 166 Å². The van der Waals surface area contributed by atoms with E-state index >= 15 is 0 Å². The third-order valence-electron chi connectivity index (χ3n) is 4.49. The van der Waals surface area contributed by atoms with E-state index in [4.69, 9.17) is 9.47 Å². The second kappa shape index (κ2) is 8.35. The number of anilines is 1. The van der Waals surface area contributed by atoms with Crippen LogP contribution in [0.4, 0.5) is 5.69 Å². The molecule has 0 aliphatic carbocycles. The zero-order chi connectivity index (χ0) is 20.1. The number of rotatable bonds is 7. The van der Waals surface area contributed by atoms with Gasteiger partial charge < -0.3 is 9.47 Å². The second-order valence-corrected chi connectivity index (χ2v) is 7.93. The fraction of sp³-hybridized carbons (Fsp3) is 0.182. The molecule has 28 heavy (non-hydrogen) atoms. The van der Waals surface area contributed by atoms with Gasteiger partial charge in [-0.3, -0.25) is 4.31 Å². The maximum Gasteiger partial charge on any atom is 0.264 e. The van der Waals surface area contributed by atoms with Gasteiger partial charge in [-0.25, -0.2) is 8.42 Å². The minimum atomic E-state index is -3.79. The molecule has 3 aromatic carbocycles. The number of methoxy groups -OCH3 is 2. The molecule has 0 aliphatic rings. The van der Waals surface area contributed by atoms with Crippen molar-refractivity contribution in [2.24, 2.45) is 0 Å². The molecule has 6 heteroatoms. The highest BCUT2D eigenvalue weighted by Gasteiger charge is 2.26. The Hall–Kier alpha value is -2.99. The normalized spacial score (nSPS) is 11.1. The van der Waals surface area contributed by atoms with Crippen molar-refractivity contribution in [3.63, 3.8) is 0 Å². The molecule has 0 fully saturated rings. The summed E-state index contributed by atoms with van der Waals surface area (Å²) >= 11 is 0. The van der Waals surface area contributed by atoms with E-state index in [1.807, 2.05) is 61.5 Å². The first-order valence-corrected chi connectivity index (χ1v) is 10.4. The van der Waals surface area contributed by atoms with E-state index < -0.39 is 10.0 Å². The predicted octanol–water partition coefficient (Wildman–Crippen LogP) is 4.59. The number of benzene rings is 3. The van der Waals surface area contributed by atoms with Crippen molar-refractivity contribution in [1.82, 2.24) is 0 Å². The molecule has 3 rings (SSSR count). The third-order valence-corrected chi connectivity index (χ3v) is 6.37. The molecule has 0 bridgehead atoms. The number of hydrogen-bond donors (Lipinski definition) is 0. The summed E-state index contributed by atoms with van der Waals surface area (Å²) in [7, 11) is -0.797. The summed E-state index contributed by atoms with van der Waals surface area (Å²) in [6, 6.07) is 21.9. The largest absolute Gasteiger partial charge is 0.493 e. The van der Waals surface area contributed by atoms with Crippen LogP contribution in [-0.4, -0.2) is 29.2 Å². The van der Waals surface area contributed by atoms with Gasteiger partial charge >= 0.3 is 0 Å². The average Bonchev–Trinajstić information content (AvgIpc) is 2.74. The van der Waals surface area contributed by atoms with Crippen LogP contribution in [0.15, 0.2) is 77.7 Å². The van der Waals surface area contributed by atoms with Crippen LogP contribution in [0.5, 0.6) is 11.5 Å². The van der Waals surface area contributed by atoms with Crippen molar-refractivity contribution in [3.8, 4) is 22.6 Å². The Bertz CT molecular complexity index is 1050. The fourth-order valence-electron chi connectivity index (χ4n) is 3.13. The van der Waals surface area contributed by atoms with Crippen molar-refractivity contribution in [3.05, 3.63) is 72.8 Å². The Morgan fingerprint density at radius 3 is 2.11 bits per heavy atom. The molecule has 0 aromatic heterocycles. The van der Waals surface area contributed by atoms with Crippen LogP contribution < -0.4 is 13.8 Å². The Morgan fingerprint density at radius 1 is 0.821 bits per heavy atom. The third kappa shape index (κ3) is 3.68. The monoisotopic (exact) mass is 397 g/mol. The molecule has 0 radical (unpaired) electrons. The van der Waals surface area contributed by atoms with E-state index in [1.165, 1.54) is 30.7 Å². The molecule has 0 amide bonds. The Balaban J connectivity index is 2.12. The number of nitrogens with zero attached hydrogens (tertiary/aromatic N) is 1. The summed E-state index contributed by atoms with van der Waals surface area (Å²) in [5.41, 5.74) is 2.44. The first-order chi connectivity index (χ1) is 13.5. The van der Waals surface area contributed by atoms with Crippen LogP contribution in [0.3, 0.4) is 0 Å². The van der Waals surface area contributed by atoms with Gasteiger partial charge in [-0.05, 0) is 30.7 Å². The topological polar surface area (TPSA) is 55.8 Å². The summed E-state index contributed by atoms with van der Waals surface area (Å²) < 4.78 is 38.8. The average molecular weight is 397 g/mol. The Kier molecular flexibility index (Phi) is 5.90. The van der Waals surface area contributed by atoms with Crippen LogP contribution in [-0.2, 0) is 10.0 Å². The van der Waals surface area contributed by atoms with Crippen molar-refractivity contribution in [2.75, 3.05) is 25.1 Å². The molecule has 0 N–H and O–H groups in total. The van der Waals surface area contributed by atoms with Gasteiger partial charge in [-0.1, -0.05) is 48.5 Å². The van der Waals surface area contributed by atoms with E-state index in [1.54, 1.807) is 6.07 Å². The van der Waals surface area contributed by atoms with E-state index in [0.29, 0.717) is 23.7 Å². The highest BCUT2D eigenvalue weighted by Crippen LogP contribution is 2.36. The zero-order valence-corrected chi connectivity index (χ0v) is 16.9. The van der Waals surface area contributed by atoms with Gasteiger partial charge in [0.1, 0.15) is 0 Å². The van der Waals surface area contributed by atoms with Crippen LogP contribution in [0.2, 0.25) is 0 Å². The number of sulfonamides is 1. The maximum absolute atomic E-state index is 13.4. The molecule has 0 saturated carbocycles. The maximum atomic E-state index is 13.4. The van der Waals surface area contributed by atoms with Crippen molar-refractivity contribution < 1.29 is 17.9 Å². The quantitative estimate of drug-likeness (QED) is 0.585. The van der Waals surface area contributed by atoms with Gasteiger partial charge in [0, 0.05) is 18.2 Å². The summed E-state index contributed by atoms with van der Waals surface area (Å²) in [5.74, 6) is 0.852. The first-order valence-electron chi connectivity index (χ1n) is 8.92. The van der Waals surface area contributed by atoms with E-state index in [9.17, 15) is 8.42 Å². The van der Waals surface area contributed by atoms with Crippen molar-refractivity contribution >= 4 is 15.7 Å². The summed E-state index contributed by atoms with van der Waals surface area (Å²) in [6.45, 7) is 2.11. The zero-order valence-electron chi connectivity index (χ0n) is 16.1. The summed E-state index contributed by atoms with van der Waals surface area (Å²) in [4.78, 5) is 0.148. The highest BCUT2D eigenvalue weighted by molar-refractivity contribution is 7.92. The first kappa shape index (κ1) is 19.8. The van der Waals surface area contributed by atoms with Gasteiger partial charge in [0.2, 0.25) is 0 Å². The van der Waals surface area contributed by atoms with Crippen molar-refractivity contribution in [2.45, 2.75) is 11.8 Å². The second-order valence-electron chi connectivity index (χ2n) is 6.07. The molecule has 0 spiro atoms. The molecule has 146 valence electrons. The van der Waals surface area contributed by atoms with Crippen LogP contribution in [0.1, 0.15) is 6.92 Å². The number of ether oxygens (including phenoxy) is 2. The fourth-order valence-corrected chi connectivity index (χ4v) is 4.64. The van der Waals surface area contributed by atoms with E-state index in [0.717, 1.165) is 11.1 Å². The lowest BCUT2D eigenvalue weighted by Crippen LogP contribution is -2.31. The number of hydrogen-bond acceptors (Lipinski definition) is 4. The molecule has 0 unspecified atom stereocenters. The lowest BCUT2D eigenvalue weighted by Gasteiger charge is -2.26. The van der Waals surface area contributed by atoms with Crippen LogP contribution in [0, 0.1) is 0 Å². The Morgan fingerprint density at radius 2 is 1.46 bits per heavy atom. The van der Waals surface area contributed by atoms with E-state index in [-0.39, 0.29) is 4.90 Å². The molecule has 3 aromatic rings. The van der Waals surface area contributed by atoms with Crippen LogP contribution >= 0.6 is 0 Å². The molecule has 0 atom stereocenters. The smallest absolute Gasteiger partial charge is 0.264 e. The minimum absolute atomic E-state index is 0.148. The van der Waals surface area contributed by atoms with E-state index in [2.05, 4.69) is 0 Å². The number of para-hydroxylation sites is 1. The molecular weight excluding hydrogens is 374 g/mol. The molecule has 5 nitrogen and oxygen atoms in total. The molecule has 0 saturated heterocycles. The van der Waals surface area contributed by atoms with Gasteiger partial charge in [0.15, 0.2) is 11.5 Å². The van der Waals surface area contributed by atoms with Gasteiger partial charge in [0.05, 0.1) is 24.8 Å². The summed E-state index contributed by atoms with van der Waals surface area (Å²) in [6.07, 6.45) is 0.